The number of nitrogens with zero attached hydrogens (tertiary/aromatic N) is 5. The summed E-state index contributed by atoms with van der Waals surface area (Å²) in [6.07, 6.45) is 0. The van der Waals surface area contributed by atoms with Crippen molar-refractivity contribution in [3.05, 3.63) is 209 Å². The molecule has 0 atom stereocenters. The lowest BCUT2D eigenvalue weighted by Crippen LogP contribution is -2.03. The normalized spacial score (nSPS) is 11.9. The van der Waals surface area contributed by atoms with Gasteiger partial charge in [0.2, 0.25) is 0 Å². The number of aromatic nitrogens is 3. The zero-order chi connectivity index (χ0) is 37.0. The Bertz CT molecular complexity index is 3240. The van der Waals surface area contributed by atoms with Crippen molar-refractivity contribution in [1.29, 1.82) is 0 Å². The van der Waals surface area contributed by atoms with Crippen molar-refractivity contribution in [3.8, 4) is 78.1 Å². The molecule has 56 heavy (non-hydrogen) atoms. The van der Waals surface area contributed by atoms with Crippen LogP contribution in [0.15, 0.2) is 198 Å². The topological polar surface area (TPSA) is 63.4 Å². The molecule has 0 amide bonds. The molecule has 0 spiro atoms. The summed E-state index contributed by atoms with van der Waals surface area (Å²) in [5.41, 5.74) is 16.0. The molecule has 0 aliphatic carbocycles. The summed E-state index contributed by atoms with van der Waals surface area (Å²) in [6.45, 7) is 0. The molecule has 3 heterocycles. The van der Waals surface area contributed by atoms with Gasteiger partial charge in [-0.15, -0.1) is 10.2 Å². The van der Waals surface area contributed by atoms with Crippen LogP contribution in [0.1, 0.15) is 0 Å². The highest BCUT2D eigenvalue weighted by atomic mass is 15.3. The van der Waals surface area contributed by atoms with E-state index in [0.29, 0.717) is 0 Å². The van der Waals surface area contributed by atoms with Crippen molar-refractivity contribution >= 4 is 11.4 Å². The van der Waals surface area contributed by atoms with Crippen molar-refractivity contribution in [2.24, 2.45) is 9.98 Å². The van der Waals surface area contributed by atoms with E-state index in [1.165, 1.54) is 0 Å². The van der Waals surface area contributed by atoms with Crippen LogP contribution in [0.25, 0.3) is 78.1 Å². The van der Waals surface area contributed by atoms with E-state index in [4.69, 9.17) is 15.1 Å². The minimum atomic E-state index is 0.756. The first kappa shape index (κ1) is 31.9. The Kier molecular flexibility index (Phi) is 7.42. The average molecular weight is 714 g/mol. The monoisotopic (exact) mass is 713 g/mol. The van der Waals surface area contributed by atoms with Crippen molar-refractivity contribution in [1.82, 2.24) is 15.4 Å². The number of hydrogen-bond donors (Lipinski definition) is 0. The third-order valence-electron chi connectivity index (χ3n) is 10.9. The number of hydrogen-bond acceptors (Lipinski definition) is 5. The van der Waals surface area contributed by atoms with Crippen LogP contribution < -0.4 is 10.7 Å². The Hall–Kier alpha value is -7.63. The fraction of sp³-hybridized carbons (Fsp3) is 0. The van der Waals surface area contributed by atoms with E-state index in [9.17, 15) is 0 Å². The molecule has 8 aromatic carbocycles. The van der Waals surface area contributed by atoms with Gasteiger partial charge in [-0.2, -0.15) is 0 Å². The van der Waals surface area contributed by atoms with Gasteiger partial charge in [0, 0.05) is 43.8 Å². The molecule has 11 rings (SSSR count). The molecule has 0 bridgehead atoms. The van der Waals surface area contributed by atoms with E-state index in [1.807, 2.05) is 24.3 Å². The van der Waals surface area contributed by atoms with E-state index in [-0.39, 0.29) is 0 Å². The Morgan fingerprint density at radius 1 is 0.286 bits per heavy atom. The largest absolute Gasteiger partial charge is 0.248 e. The summed E-state index contributed by atoms with van der Waals surface area (Å²) in [4.78, 5) is 10.6. The predicted octanol–water partition coefficient (Wildman–Crippen LogP) is 11.4. The molecule has 2 aliphatic rings. The van der Waals surface area contributed by atoms with Crippen molar-refractivity contribution < 1.29 is 0 Å². The lowest BCUT2D eigenvalue weighted by Gasteiger charge is -2.21. The minimum absolute atomic E-state index is 0.756. The maximum atomic E-state index is 5.28. The fourth-order valence-corrected chi connectivity index (χ4v) is 8.43. The van der Waals surface area contributed by atoms with Gasteiger partial charge in [-0.3, -0.25) is 0 Å². The van der Waals surface area contributed by atoms with Crippen molar-refractivity contribution in [3.63, 3.8) is 0 Å². The van der Waals surface area contributed by atoms with Gasteiger partial charge < -0.3 is 0 Å². The van der Waals surface area contributed by atoms with Gasteiger partial charge in [-0.1, -0.05) is 164 Å². The molecule has 1 aromatic heterocycles. The lowest BCUT2D eigenvalue weighted by atomic mass is 9.82. The van der Waals surface area contributed by atoms with Gasteiger partial charge in [0.25, 0.3) is 0 Å². The summed E-state index contributed by atoms with van der Waals surface area (Å²) >= 11 is 0. The molecule has 0 saturated carbocycles. The van der Waals surface area contributed by atoms with Crippen LogP contribution in [0.3, 0.4) is 0 Å². The number of rotatable bonds is 6. The van der Waals surface area contributed by atoms with Gasteiger partial charge in [0.05, 0.1) is 22.1 Å². The molecular formula is C51H31N5. The average Bonchev–Trinajstić information content (AvgIpc) is 3.85. The lowest BCUT2D eigenvalue weighted by molar-refractivity contribution is 0.879. The standard InChI is InChI=1S/C51H31N5/c1-4-16-32(17-5-1)35-22-10-11-23-36(35)39-28-30-43-47(48-44(52-43)31-29-41-37-24-14-15-27-42(37)53-50(41)48)46(39)38-25-12-13-26-40(38)51-45(33-18-6-2-7-19-33)49(54-56-55-51)34-20-8-3-9-21-34/h1-31H. The first-order valence-electron chi connectivity index (χ1n) is 18.8. The van der Waals surface area contributed by atoms with Gasteiger partial charge in [0.1, 0.15) is 11.4 Å². The third kappa shape index (κ3) is 5.06. The maximum absolute atomic E-state index is 5.28. The molecule has 0 N–H and O–H groups in total. The maximum Gasteiger partial charge on any atom is 0.105 e. The highest BCUT2D eigenvalue weighted by Gasteiger charge is 2.29. The van der Waals surface area contributed by atoms with Crippen LogP contribution in [0.5, 0.6) is 0 Å². The number of fused-ring (bicyclic) bond motifs is 6. The van der Waals surface area contributed by atoms with Crippen LogP contribution in [-0.4, -0.2) is 15.4 Å². The van der Waals surface area contributed by atoms with E-state index in [2.05, 4.69) is 174 Å². The Morgan fingerprint density at radius 2 is 0.893 bits per heavy atom. The molecule has 0 unspecified atom stereocenters. The predicted molar refractivity (Wildman–Crippen MR) is 224 cm³/mol. The zero-order valence-corrected chi connectivity index (χ0v) is 30.1. The molecule has 0 fully saturated rings. The summed E-state index contributed by atoms with van der Waals surface area (Å²) in [5, 5.41) is 18.2. The summed E-state index contributed by atoms with van der Waals surface area (Å²) in [6, 6.07) is 65.6. The van der Waals surface area contributed by atoms with Gasteiger partial charge in [-0.25, -0.2) is 9.98 Å². The second-order valence-electron chi connectivity index (χ2n) is 14.0. The van der Waals surface area contributed by atoms with Gasteiger partial charge >= 0.3 is 0 Å². The first-order chi connectivity index (χ1) is 27.8. The van der Waals surface area contributed by atoms with Crippen LogP contribution in [0.4, 0.5) is 11.4 Å². The first-order valence-corrected chi connectivity index (χ1v) is 18.8. The van der Waals surface area contributed by atoms with Gasteiger partial charge in [-0.05, 0) is 62.9 Å². The van der Waals surface area contributed by atoms with Gasteiger partial charge in [0.15, 0.2) is 0 Å². The zero-order valence-electron chi connectivity index (χ0n) is 30.1. The minimum Gasteiger partial charge on any atom is -0.248 e. The van der Waals surface area contributed by atoms with Crippen LogP contribution in [-0.2, 0) is 0 Å². The third-order valence-corrected chi connectivity index (χ3v) is 10.9. The molecule has 5 heteroatoms. The second kappa shape index (κ2) is 13.0. The number of benzene rings is 8. The second-order valence-corrected chi connectivity index (χ2v) is 14.0. The summed E-state index contributed by atoms with van der Waals surface area (Å²) < 4.78 is 0. The van der Waals surface area contributed by atoms with Crippen molar-refractivity contribution in [2.45, 2.75) is 0 Å². The highest BCUT2D eigenvalue weighted by molar-refractivity contribution is 6.08. The molecule has 0 saturated heterocycles. The van der Waals surface area contributed by atoms with E-state index in [0.717, 1.165) is 111 Å². The summed E-state index contributed by atoms with van der Waals surface area (Å²) in [5.74, 6) is 0. The van der Waals surface area contributed by atoms with Crippen molar-refractivity contribution in [2.75, 3.05) is 0 Å². The van der Waals surface area contributed by atoms with Crippen LogP contribution in [0, 0.1) is 10.4 Å². The smallest absolute Gasteiger partial charge is 0.105 e. The van der Waals surface area contributed by atoms with E-state index < -0.39 is 0 Å². The SMILES string of the molecule is c1ccc(-c2ccccc2-c2ccc3c(c2-c2ccccc2-c2nnnc(-c4ccccc4)c2-c2ccccc2)-c2c4c(ccc2=N3)=c2ccccc2=N4)cc1. The quantitative estimate of drug-likeness (QED) is 0.172. The van der Waals surface area contributed by atoms with Crippen LogP contribution in [0.2, 0.25) is 0 Å². The molecule has 0 radical (unpaired) electrons. The highest BCUT2D eigenvalue weighted by Crippen LogP contribution is 2.53. The van der Waals surface area contributed by atoms with Crippen LogP contribution >= 0.6 is 0 Å². The Labute approximate surface area is 323 Å². The molecule has 2 aliphatic heterocycles. The van der Waals surface area contributed by atoms with E-state index >= 15 is 0 Å². The molecule has 9 aromatic rings. The number of para-hydroxylation sites is 1. The Balaban J connectivity index is 1.26. The summed E-state index contributed by atoms with van der Waals surface area (Å²) in [7, 11) is 0. The fourth-order valence-electron chi connectivity index (χ4n) is 8.43. The Morgan fingerprint density at radius 3 is 1.66 bits per heavy atom. The van der Waals surface area contributed by atoms with E-state index in [1.54, 1.807) is 0 Å². The molecular weight excluding hydrogens is 683 g/mol. The molecule has 260 valence electrons. The molecule has 5 nitrogen and oxygen atoms in total.